The molecule has 0 atom stereocenters. The number of amides is 1. The molecule has 5 nitrogen and oxygen atoms in total. The number of methoxy groups -OCH3 is 2. The van der Waals surface area contributed by atoms with E-state index in [2.05, 4.69) is 19.2 Å². The van der Waals surface area contributed by atoms with Gasteiger partial charge in [-0.2, -0.15) is 0 Å². The van der Waals surface area contributed by atoms with Crippen molar-refractivity contribution in [2.45, 2.75) is 38.6 Å². The Balaban J connectivity index is 0.00000225. The normalized spacial score (nSPS) is 19.7. The molecule has 1 N–H and O–H groups in total. The minimum absolute atomic E-state index is 0. The topological polar surface area (TPSA) is 50.8 Å². The molecule has 2 heterocycles. The predicted molar refractivity (Wildman–Crippen MR) is 102 cm³/mol. The molecule has 1 amide bonds. The van der Waals surface area contributed by atoms with E-state index in [9.17, 15) is 4.79 Å². The first kappa shape index (κ1) is 19.4. The van der Waals surface area contributed by atoms with E-state index in [0.29, 0.717) is 5.75 Å². The fourth-order valence-electron chi connectivity index (χ4n) is 3.54. The lowest BCUT2D eigenvalue weighted by Crippen LogP contribution is -2.44. The molecule has 1 aromatic carbocycles. The second-order valence-electron chi connectivity index (χ2n) is 7.14. The highest BCUT2D eigenvalue weighted by Crippen LogP contribution is 2.38. The van der Waals surface area contributed by atoms with Crippen LogP contribution in [0.1, 0.15) is 37.8 Å². The Morgan fingerprint density at radius 2 is 1.76 bits per heavy atom. The van der Waals surface area contributed by atoms with Gasteiger partial charge < -0.3 is 19.7 Å². The number of benzene rings is 1. The molecule has 1 aromatic rings. The molecule has 0 radical (unpaired) electrons. The van der Waals surface area contributed by atoms with Crippen LogP contribution in [0.5, 0.6) is 11.5 Å². The zero-order chi connectivity index (χ0) is 17.3. The quantitative estimate of drug-likeness (QED) is 0.835. The summed E-state index contributed by atoms with van der Waals surface area (Å²) in [4.78, 5) is 14.5. The van der Waals surface area contributed by atoms with Crippen molar-refractivity contribution in [3.63, 3.8) is 0 Å². The van der Waals surface area contributed by atoms with Crippen LogP contribution in [0.4, 0.5) is 0 Å². The number of likely N-dealkylation sites (tertiary alicyclic amines) is 1. The average molecular weight is 367 g/mol. The number of rotatable bonds is 3. The highest BCUT2D eigenvalue weighted by molar-refractivity contribution is 5.96. The van der Waals surface area contributed by atoms with Gasteiger partial charge in [-0.1, -0.05) is 0 Å². The largest absolute Gasteiger partial charge is 0.493 e. The molecule has 1 saturated heterocycles. The van der Waals surface area contributed by atoms with Crippen LogP contribution in [0.25, 0.3) is 5.70 Å². The monoisotopic (exact) mass is 366 g/mol. The van der Waals surface area contributed by atoms with E-state index in [-0.39, 0.29) is 23.9 Å². The minimum Gasteiger partial charge on any atom is -0.493 e. The molecule has 1 fully saturated rings. The van der Waals surface area contributed by atoms with Crippen LogP contribution in [0.15, 0.2) is 18.2 Å². The SMILES string of the molecule is COc1cc2c(cc1OC)/C(=C/C(=O)N1CCCC1)NC(C)(C)C2.Cl. The number of hydrogen-bond donors (Lipinski definition) is 1. The van der Waals surface area contributed by atoms with Gasteiger partial charge in [0.2, 0.25) is 5.91 Å². The van der Waals surface area contributed by atoms with Gasteiger partial charge in [0.15, 0.2) is 11.5 Å². The molecular weight excluding hydrogens is 340 g/mol. The highest BCUT2D eigenvalue weighted by atomic mass is 35.5. The first-order chi connectivity index (χ1) is 11.4. The van der Waals surface area contributed by atoms with Gasteiger partial charge >= 0.3 is 0 Å². The number of ether oxygens (including phenoxy) is 2. The molecule has 6 heteroatoms. The van der Waals surface area contributed by atoms with Crippen LogP contribution < -0.4 is 14.8 Å². The van der Waals surface area contributed by atoms with Crippen molar-refractivity contribution < 1.29 is 14.3 Å². The first-order valence-corrected chi connectivity index (χ1v) is 8.47. The van der Waals surface area contributed by atoms with E-state index in [1.54, 1.807) is 20.3 Å². The number of nitrogens with zero attached hydrogens (tertiary/aromatic N) is 1. The molecule has 0 aliphatic carbocycles. The minimum atomic E-state index is -0.121. The molecule has 0 bridgehead atoms. The second kappa shape index (κ2) is 7.56. The molecule has 3 rings (SSSR count). The van der Waals surface area contributed by atoms with E-state index >= 15 is 0 Å². The van der Waals surface area contributed by atoms with Crippen LogP contribution in [0.2, 0.25) is 0 Å². The molecule has 0 aromatic heterocycles. The van der Waals surface area contributed by atoms with Crippen LogP contribution in [-0.2, 0) is 11.2 Å². The van der Waals surface area contributed by atoms with Crippen molar-refractivity contribution in [2.75, 3.05) is 27.3 Å². The smallest absolute Gasteiger partial charge is 0.248 e. The van der Waals surface area contributed by atoms with E-state index < -0.39 is 0 Å². The Morgan fingerprint density at radius 3 is 2.36 bits per heavy atom. The summed E-state index contributed by atoms with van der Waals surface area (Å²) in [5, 5.41) is 3.51. The predicted octanol–water partition coefficient (Wildman–Crippen LogP) is 3.01. The summed E-state index contributed by atoms with van der Waals surface area (Å²) in [5.41, 5.74) is 2.92. The number of carbonyl (C=O) groups is 1. The highest BCUT2D eigenvalue weighted by Gasteiger charge is 2.30. The maximum absolute atomic E-state index is 12.6. The maximum Gasteiger partial charge on any atom is 0.248 e. The van der Waals surface area contributed by atoms with Gasteiger partial charge in [-0.05, 0) is 50.8 Å². The number of carbonyl (C=O) groups excluding carboxylic acids is 1. The first-order valence-electron chi connectivity index (χ1n) is 8.47. The maximum atomic E-state index is 12.6. The van der Waals surface area contributed by atoms with Gasteiger partial charge in [0, 0.05) is 36.0 Å². The summed E-state index contributed by atoms with van der Waals surface area (Å²) >= 11 is 0. The van der Waals surface area contributed by atoms with Crippen LogP contribution >= 0.6 is 12.4 Å². The number of hydrogen-bond acceptors (Lipinski definition) is 4. The fraction of sp³-hybridized carbons (Fsp3) is 0.526. The summed E-state index contributed by atoms with van der Waals surface area (Å²) in [6.45, 7) is 5.98. The number of halogens is 1. The van der Waals surface area contributed by atoms with Crippen LogP contribution in [0, 0.1) is 0 Å². The lowest BCUT2D eigenvalue weighted by Gasteiger charge is -2.36. The number of nitrogens with one attached hydrogen (secondary N) is 1. The Hall–Kier alpha value is -1.88. The van der Waals surface area contributed by atoms with Gasteiger partial charge in [-0.3, -0.25) is 4.79 Å². The molecule has 2 aliphatic heterocycles. The molecular formula is C19H27ClN2O3. The average Bonchev–Trinajstić information content (AvgIpc) is 3.07. The molecule has 25 heavy (non-hydrogen) atoms. The van der Waals surface area contributed by atoms with Crippen molar-refractivity contribution in [3.05, 3.63) is 29.3 Å². The van der Waals surface area contributed by atoms with E-state index in [1.165, 1.54) is 0 Å². The summed E-state index contributed by atoms with van der Waals surface area (Å²) in [6.07, 6.45) is 4.78. The summed E-state index contributed by atoms with van der Waals surface area (Å²) in [5.74, 6) is 1.48. The van der Waals surface area contributed by atoms with E-state index in [0.717, 1.165) is 54.9 Å². The molecule has 0 unspecified atom stereocenters. The zero-order valence-electron chi connectivity index (χ0n) is 15.3. The van der Waals surface area contributed by atoms with Crippen LogP contribution in [0.3, 0.4) is 0 Å². The Labute approximate surface area is 155 Å². The zero-order valence-corrected chi connectivity index (χ0v) is 16.2. The van der Waals surface area contributed by atoms with Crippen molar-refractivity contribution in [2.24, 2.45) is 0 Å². The molecule has 0 spiro atoms. The Morgan fingerprint density at radius 1 is 1.16 bits per heavy atom. The fourth-order valence-corrected chi connectivity index (χ4v) is 3.54. The summed E-state index contributed by atoms with van der Waals surface area (Å²) in [7, 11) is 3.27. The van der Waals surface area contributed by atoms with Gasteiger partial charge in [0.05, 0.1) is 14.2 Å². The lowest BCUT2D eigenvalue weighted by atomic mass is 9.85. The van der Waals surface area contributed by atoms with Gasteiger partial charge in [0.25, 0.3) is 0 Å². The van der Waals surface area contributed by atoms with Gasteiger partial charge in [-0.15, -0.1) is 12.4 Å². The lowest BCUT2D eigenvalue weighted by molar-refractivity contribution is -0.124. The summed E-state index contributed by atoms with van der Waals surface area (Å²) < 4.78 is 10.9. The van der Waals surface area contributed by atoms with Gasteiger partial charge in [-0.25, -0.2) is 0 Å². The van der Waals surface area contributed by atoms with E-state index in [1.807, 2.05) is 17.0 Å². The van der Waals surface area contributed by atoms with Crippen LogP contribution in [-0.4, -0.2) is 43.7 Å². The number of fused-ring (bicyclic) bond motifs is 1. The van der Waals surface area contributed by atoms with Crippen molar-refractivity contribution in [1.29, 1.82) is 0 Å². The summed E-state index contributed by atoms with van der Waals surface area (Å²) in [6, 6.07) is 3.98. The van der Waals surface area contributed by atoms with Crippen molar-refractivity contribution >= 4 is 24.0 Å². The Bertz CT molecular complexity index is 679. The van der Waals surface area contributed by atoms with Crippen molar-refractivity contribution in [3.8, 4) is 11.5 Å². The standard InChI is InChI=1S/C19H26N2O3.ClH/c1-19(2)12-13-9-16(23-3)17(24-4)10-14(13)15(20-19)11-18(22)21-7-5-6-8-21;/h9-11,20H,5-8,12H2,1-4H3;1H/b15-11-;. The third-order valence-corrected chi connectivity index (χ3v) is 4.69. The van der Waals surface area contributed by atoms with Crippen molar-refractivity contribution in [1.82, 2.24) is 10.2 Å². The third-order valence-electron chi connectivity index (χ3n) is 4.69. The third kappa shape index (κ3) is 4.03. The Kier molecular flexibility index (Phi) is 5.88. The molecule has 2 aliphatic rings. The van der Waals surface area contributed by atoms with Gasteiger partial charge in [0.1, 0.15) is 0 Å². The molecule has 138 valence electrons. The molecule has 0 saturated carbocycles. The second-order valence-corrected chi connectivity index (χ2v) is 7.14. The van der Waals surface area contributed by atoms with E-state index in [4.69, 9.17) is 9.47 Å².